The van der Waals surface area contributed by atoms with Crippen LogP contribution >= 0.6 is 0 Å². The molecule has 2 aromatic heterocycles. The van der Waals surface area contributed by atoms with E-state index in [1.165, 1.54) is 17.2 Å². The van der Waals surface area contributed by atoms with Gasteiger partial charge in [-0.15, -0.1) is 0 Å². The molecule has 3 aromatic rings. The molecule has 1 saturated heterocycles. The monoisotopic (exact) mass is 357 g/mol. The summed E-state index contributed by atoms with van der Waals surface area (Å²) in [5, 5.41) is 37.8. The van der Waals surface area contributed by atoms with Crippen molar-refractivity contribution >= 4 is 11.2 Å². The zero-order valence-electron chi connectivity index (χ0n) is 13.8. The van der Waals surface area contributed by atoms with E-state index in [4.69, 9.17) is 10.1 Å². The van der Waals surface area contributed by atoms with Gasteiger partial charge in [0.1, 0.15) is 23.8 Å². The number of benzene rings is 1. The zero-order chi connectivity index (χ0) is 18.3. The molecule has 4 rings (SSSR count). The van der Waals surface area contributed by atoms with Crippen LogP contribution in [0.5, 0.6) is 0 Å². The lowest BCUT2D eigenvalue weighted by atomic mass is 10.1. The van der Waals surface area contributed by atoms with Crippen LogP contribution < -0.4 is 5.49 Å². The van der Waals surface area contributed by atoms with E-state index in [1.54, 1.807) is 4.57 Å². The topological polar surface area (TPSA) is 129 Å². The minimum Gasteiger partial charge on any atom is -0.394 e. The molecule has 1 aromatic carbocycles. The molecule has 9 heteroatoms. The molecular weight excluding hydrogens is 338 g/mol. The summed E-state index contributed by atoms with van der Waals surface area (Å²) in [7, 11) is 0. The molecule has 9 nitrogen and oxygen atoms in total. The summed E-state index contributed by atoms with van der Waals surface area (Å²) in [5.41, 5.74) is 1.95. The SMILES string of the molecule is N=c1c2ncn(C3OC(CO)C(O)C3O)c2ncn1Cc1ccccc1. The minimum absolute atomic E-state index is 0.185. The molecule has 0 radical (unpaired) electrons. The first kappa shape index (κ1) is 16.9. The quantitative estimate of drug-likeness (QED) is 0.492. The molecular formula is C17H19N5O4. The molecule has 3 heterocycles. The lowest BCUT2D eigenvalue weighted by molar-refractivity contribution is -0.0511. The Bertz CT molecular complexity index is 970. The van der Waals surface area contributed by atoms with Crippen molar-refractivity contribution in [2.45, 2.75) is 31.1 Å². The molecule has 26 heavy (non-hydrogen) atoms. The summed E-state index contributed by atoms with van der Waals surface area (Å²) in [6, 6.07) is 9.73. The summed E-state index contributed by atoms with van der Waals surface area (Å²) in [6.07, 6.45) is -1.28. The third-order valence-corrected chi connectivity index (χ3v) is 4.59. The number of aliphatic hydroxyl groups excluding tert-OH is 3. The first-order chi connectivity index (χ1) is 12.6. The average molecular weight is 357 g/mol. The Morgan fingerprint density at radius 1 is 1.08 bits per heavy atom. The number of imidazole rings is 1. The average Bonchev–Trinajstić information content (AvgIpc) is 3.20. The molecule has 0 bridgehead atoms. The van der Waals surface area contributed by atoms with Crippen molar-refractivity contribution in [1.29, 1.82) is 5.41 Å². The molecule has 1 aliphatic rings. The Balaban J connectivity index is 1.70. The van der Waals surface area contributed by atoms with Crippen LogP contribution in [0.3, 0.4) is 0 Å². The second-order valence-electron chi connectivity index (χ2n) is 6.26. The van der Waals surface area contributed by atoms with Crippen LogP contribution in [0.1, 0.15) is 11.8 Å². The van der Waals surface area contributed by atoms with E-state index in [-0.39, 0.29) is 5.49 Å². The Morgan fingerprint density at radius 2 is 1.85 bits per heavy atom. The molecule has 0 aliphatic carbocycles. The highest BCUT2D eigenvalue weighted by molar-refractivity contribution is 5.68. The van der Waals surface area contributed by atoms with Gasteiger partial charge in [-0.3, -0.25) is 9.98 Å². The smallest absolute Gasteiger partial charge is 0.167 e. The van der Waals surface area contributed by atoms with Gasteiger partial charge in [0.2, 0.25) is 0 Å². The second-order valence-corrected chi connectivity index (χ2v) is 6.26. The highest BCUT2D eigenvalue weighted by atomic mass is 16.6. The van der Waals surface area contributed by atoms with Gasteiger partial charge in [0, 0.05) is 0 Å². The van der Waals surface area contributed by atoms with Crippen LogP contribution in [0.2, 0.25) is 0 Å². The van der Waals surface area contributed by atoms with Crippen molar-refractivity contribution < 1.29 is 20.1 Å². The van der Waals surface area contributed by atoms with Gasteiger partial charge in [-0.05, 0) is 5.56 Å². The standard InChI is InChI=1S/C17H19N5O4/c18-15-12-16(20-8-21(15)6-10-4-2-1-3-5-10)22(9-19-12)17-14(25)13(24)11(7-23)26-17/h1-5,8-9,11,13-14,17-18,23-25H,6-7H2. The zero-order valence-corrected chi connectivity index (χ0v) is 13.8. The van der Waals surface area contributed by atoms with Gasteiger partial charge in [0.05, 0.1) is 25.8 Å². The van der Waals surface area contributed by atoms with E-state index >= 15 is 0 Å². The molecule has 0 spiro atoms. The minimum atomic E-state index is -1.22. The predicted molar refractivity (Wildman–Crippen MR) is 89.9 cm³/mol. The Labute approximate surface area is 148 Å². The van der Waals surface area contributed by atoms with Gasteiger partial charge < -0.3 is 24.6 Å². The summed E-state index contributed by atoms with van der Waals surface area (Å²) >= 11 is 0. The third-order valence-electron chi connectivity index (χ3n) is 4.59. The normalized spacial score (nSPS) is 25.8. The Morgan fingerprint density at radius 3 is 2.54 bits per heavy atom. The number of fused-ring (bicyclic) bond motifs is 1. The number of ether oxygens (including phenoxy) is 1. The lowest BCUT2D eigenvalue weighted by Crippen LogP contribution is -2.33. The number of hydrogen-bond acceptors (Lipinski definition) is 7. The number of aliphatic hydroxyl groups is 3. The van der Waals surface area contributed by atoms with Gasteiger partial charge in [0.25, 0.3) is 0 Å². The van der Waals surface area contributed by atoms with Crippen molar-refractivity contribution in [3.05, 3.63) is 54.0 Å². The molecule has 4 atom stereocenters. The molecule has 136 valence electrons. The number of nitrogens with one attached hydrogen (secondary N) is 1. The maximum absolute atomic E-state index is 10.2. The van der Waals surface area contributed by atoms with Crippen molar-refractivity contribution in [3.8, 4) is 0 Å². The van der Waals surface area contributed by atoms with Gasteiger partial charge in [-0.25, -0.2) is 9.97 Å². The van der Waals surface area contributed by atoms with Crippen molar-refractivity contribution in [2.75, 3.05) is 6.61 Å². The van der Waals surface area contributed by atoms with E-state index in [9.17, 15) is 15.3 Å². The van der Waals surface area contributed by atoms with Gasteiger partial charge >= 0.3 is 0 Å². The van der Waals surface area contributed by atoms with Crippen LogP contribution in [0.25, 0.3) is 11.2 Å². The first-order valence-electron chi connectivity index (χ1n) is 8.23. The van der Waals surface area contributed by atoms with Crippen molar-refractivity contribution in [1.82, 2.24) is 19.1 Å². The molecule has 0 saturated carbocycles. The van der Waals surface area contributed by atoms with Gasteiger partial charge in [-0.2, -0.15) is 0 Å². The van der Waals surface area contributed by atoms with Crippen LogP contribution in [0, 0.1) is 5.41 Å². The summed E-state index contributed by atoms with van der Waals surface area (Å²) in [6.45, 7) is 0.0822. The van der Waals surface area contributed by atoms with E-state index in [1.807, 2.05) is 30.3 Å². The molecule has 1 fully saturated rings. The number of rotatable bonds is 4. The number of aromatic nitrogens is 4. The molecule has 4 N–H and O–H groups in total. The highest BCUT2D eigenvalue weighted by Crippen LogP contribution is 2.30. The van der Waals surface area contributed by atoms with Crippen LogP contribution in [-0.4, -0.2) is 59.3 Å². The van der Waals surface area contributed by atoms with E-state index in [0.717, 1.165) is 5.56 Å². The first-order valence-corrected chi connectivity index (χ1v) is 8.23. The Hall–Kier alpha value is -2.59. The molecule has 4 unspecified atom stereocenters. The highest BCUT2D eigenvalue weighted by Gasteiger charge is 2.43. The molecule has 1 aliphatic heterocycles. The van der Waals surface area contributed by atoms with Crippen molar-refractivity contribution in [2.24, 2.45) is 0 Å². The van der Waals surface area contributed by atoms with Crippen molar-refractivity contribution in [3.63, 3.8) is 0 Å². The van der Waals surface area contributed by atoms with Crippen LogP contribution in [0.4, 0.5) is 0 Å². The predicted octanol–water partition coefficient (Wildman–Crippen LogP) is -0.628. The fourth-order valence-corrected chi connectivity index (χ4v) is 3.16. The number of nitrogens with zero attached hydrogens (tertiary/aromatic N) is 4. The fourth-order valence-electron chi connectivity index (χ4n) is 3.16. The number of hydrogen-bond donors (Lipinski definition) is 4. The third kappa shape index (κ3) is 2.71. The largest absolute Gasteiger partial charge is 0.394 e. The maximum atomic E-state index is 10.2. The molecule has 0 amide bonds. The second kappa shape index (κ2) is 6.61. The summed E-state index contributed by atoms with van der Waals surface area (Å²) < 4.78 is 8.67. The van der Waals surface area contributed by atoms with Gasteiger partial charge in [0.15, 0.2) is 17.4 Å². The van der Waals surface area contributed by atoms with E-state index in [2.05, 4.69) is 9.97 Å². The maximum Gasteiger partial charge on any atom is 0.167 e. The lowest BCUT2D eigenvalue weighted by Gasteiger charge is -2.16. The van der Waals surface area contributed by atoms with E-state index < -0.39 is 31.1 Å². The van der Waals surface area contributed by atoms with E-state index in [0.29, 0.717) is 17.7 Å². The van der Waals surface area contributed by atoms with Crippen LogP contribution in [0.15, 0.2) is 43.0 Å². The summed E-state index contributed by atoms with van der Waals surface area (Å²) in [4.78, 5) is 8.59. The fraction of sp³-hybridized carbons (Fsp3) is 0.353. The summed E-state index contributed by atoms with van der Waals surface area (Å²) in [5.74, 6) is 0. The van der Waals surface area contributed by atoms with Gasteiger partial charge in [-0.1, -0.05) is 30.3 Å². The van der Waals surface area contributed by atoms with Crippen LogP contribution in [-0.2, 0) is 11.3 Å². The Kier molecular flexibility index (Phi) is 4.29.